The van der Waals surface area contributed by atoms with Gasteiger partial charge in [-0.1, -0.05) is 0 Å². The van der Waals surface area contributed by atoms with Gasteiger partial charge in [-0.25, -0.2) is 4.72 Å². The number of nitrogens with two attached hydrogens (primary N) is 1. The van der Waals surface area contributed by atoms with Crippen LogP contribution < -0.4 is 10.5 Å². The average molecular weight is 207 g/mol. The Hall–Kier alpha value is -0.170. The van der Waals surface area contributed by atoms with Crippen LogP contribution in [0.1, 0.15) is 12.8 Å². The van der Waals surface area contributed by atoms with Gasteiger partial charge >= 0.3 is 0 Å². The lowest BCUT2D eigenvalue weighted by atomic mass is 10.1. The first kappa shape index (κ1) is 10.9. The third kappa shape index (κ3) is 2.63. The predicted octanol–water partition coefficient (Wildman–Crippen LogP) is -0.879. The summed E-state index contributed by atoms with van der Waals surface area (Å²) in [5, 5.41) is 0. The van der Waals surface area contributed by atoms with E-state index in [2.05, 4.69) is 4.72 Å². The van der Waals surface area contributed by atoms with Crippen molar-refractivity contribution in [3.8, 4) is 0 Å². The van der Waals surface area contributed by atoms with E-state index in [4.69, 9.17) is 5.73 Å². The van der Waals surface area contributed by atoms with Crippen LogP contribution in [-0.4, -0.2) is 39.4 Å². The summed E-state index contributed by atoms with van der Waals surface area (Å²) in [5.74, 6) is 0.438. The molecule has 13 heavy (non-hydrogen) atoms. The van der Waals surface area contributed by atoms with Gasteiger partial charge in [0.1, 0.15) is 0 Å². The fourth-order valence-electron chi connectivity index (χ4n) is 1.62. The molecule has 78 valence electrons. The third-order valence-corrected chi connectivity index (χ3v) is 3.95. The molecule has 1 aliphatic heterocycles. The maximum atomic E-state index is 11.3. The summed E-state index contributed by atoms with van der Waals surface area (Å²) in [6.07, 6.45) is 1.84. The van der Waals surface area contributed by atoms with Gasteiger partial charge in [-0.05, 0) is 25.3 Å². The number of hydrogen-bond acceptors (Lipinski definition) is 3. The van der Waals surface area contributed by atoms with Crippen LogP contribution in [0.15, 0.2) is 0 Å². The van der Waals surface area contributed by atoms with Crippen molar-refractivity contribution in [1.82, 2.24) is 9.03 Å². The Labute approximate surface area is 79.5 Å². The molecule has 0 amide bonds. The summed E-state index contributed by atoms with van der Waals surface area (Å²) < 4.78 is 26.5. The molecule has 0 saturated carbocycles. The molecule has 1 unspecified atom stereocenters. The summed E-state index contributed by atoms with van der Waals surface area (Å²) in [6.45, 7) is 1.87. The Balaban J connectivity index is 2.50. The zero-order valence-corrected chi connectivity index (χ0v) is 8.68. The summed E-state index contributed by atoms with van der Waals surface area (Å²) >= 11 is 0. The summed E-state index contributed by atoms with van der Waals surface area (Å²) in [6, 6.07) is 0. The smallest absolute Gasteiger partial charge is 0.279 e. The molecule has 1 aliphatic rings. The van der Waals surface area contributed by atoms with Gasteiger partial charge in [0.2, 0.25) is 0 Å². The van der Waals surface area contributed by atoms with Crippen molar-refractivity contribution in [1.29, 1.82) is 0 Å². The summed E-state index contributed by atoms with van der Waals surface area (Å²) in [5.41, 5.74) is 5.41. The minimum absolute atomic E-state index is 0.438. The van der Waals surface area contributed by atoms with Crippen LogP contribution in [0, 0.1) is 5.92 Å². The molecule has 0 aromatic rings. The van der Waals surface area contributed by atoms with Crippen LogP contribution in [0.2, 0.25) is 0 Å². The van der Waals surface area contributed by atoms with E-state index in [1.165, 1.54) is 11.4 Å². The van der Waals surface area contributed by atoms with E-state index in [0.717, 1.165) is 12.8 Å². The van der Waals surface area contributed by atoms with E-state index in [1.54, 1.807) is 0 Å². The Kier molecular flexibility index (Phi) is 3.66. The highest BCUT2D eigenvalue weighted by atomic mass is 32.2. The maximum Gasteiger partial charge on any atom is 0.279 e. The highest BCUT2D eigenvalue weighted by Crippen LogP contribution is 2.20. The number of hydrogen-bond donors (Lipinski definition) is 2. The third-order valence-electron chi connectivity index (χ3n) is 2.42. The molecule has 0 aliphatic carbocycles. The van der Waals surface area contributed by atoms with Crippen molar-refractivity contribution in [2.45, 2.75) is 12.8 Å². The van der Waals surface area contributed by atoms with Crippen molar-refractivity contribution >= 4 is 10.2 Å². The van der Waals surface area contributed by atoms with Gasteiger partial charge < -0.3 is 5.73 Å². The second kappa shape index (κ2) is 4.36. The molecule has 0 spiro atoms. The molecular weight excluding hydrogens is 190 g/mol. The molecule has 1 heterocycles. The quantitative estimate of drug-likeness (QED) is 0.628. The summed E-state index contributed by atoms with van der Waals surface area (Å²) in [7, 11) is -1.77. The molecule has 0 aromatic heterocycles. The zero-order chi connectivity index (χ0) is 9.90. The Morgan fingerprint density at radius 3 is 2.85 bits per heavy atom. The molecule has 0 bridgehead atoms. The highest BCUT2D eigenvalue weighted by Gasteiger charge is 2.29. The molecule has 6 heteroatoms. The minimum Gasteiger partial charge on any atom is -0.330 e. The molecule has 1 rings (SSSR count). The number of nitrogens with one attached hydrogen (secondary N) is 1. The monoisotopic (exact) mass is 207 g/mol. The van der Waals surface area contributed by atoms with E-state index in [0.29, 0.717) is 25.6 Å². The van der Waals surface area contributed by atoms with Gasteiger partial charge in [0.05, 0.1) is 0 Å². The van der Waals surface area contributed by atoms with E-state index in [1.807, 2.05) is 0 Å². The molecule has 0 radical (unpaired) electrons. The topological polar surface area (TPSA) is 75.4 Å². The van der Waals surface area contributed by atoms with Crippen molar-refractivity contribution in [2.24, 2.45) is 11.7 Å². The molecule has 3 N–H and O–H groups in total. The molecule has 5 nitrogen and oxygen atoms in total. The Morgan fingerprint density at radius 2 is 2.31 bits per heavy atom. The Morgan fingerprint density at radius 1 is 1.62 bits per heavy atom. The van der Waals surface area contributed by atoms with Gasteiger partial charge in [0.15, 0.2) is 0 Å². The van der Waals surface area contributed by atoms with Gasteiger partial charge in [-0.3, -0.25) is 0 Å². The highest BCUT2D eigenvalue weighted by molar-refractivity contribution is 7.87. The van der Waals surface area contributed by atoms with Crippen molar-refractivity contribution in [2.75, 3.05) is 26.7 Å². The van der Waals surface area contributed by atoms with Crippen molar-refractivity contribution in [3.05, 3.63) is 0 Å². The average Bonchev–Trinajstić information content (AvgIpc) is 2.54. The largest absolute Gasteiger partial charge is 0.330 e. The maximum absolute atomic E-state index is 11.3. The van der Waals surface area contributed by atoms with Gasteiger partial charge in [0, 0.05) is 20.1 Å². The van der Waals surface area contributed by atoms with Crippen molar-refractivity contribution in [3.63, 3.8) is 0 Å². The fourth-order valence-corrected chi connectivity index (χ4v) is 2.63. The fraction of sp³-hybridized carbons (Fsp3) is 1.00. The SMILES string of the molecule is CNS(=O)(=O)N1CCC(CCN)C1. The van der Waals surface area contributed by atoms with E-state index < -0.39 is 10.2 Å². The number of rotatable bonds is 4. The van der Waals surface area contributed by atoms with Gasteiger partial charge in [0.25, 0.3) is 10.2 Å². The first-order valence-corrected chi connectivity index (χ1v) is 5.93. The predicted molar refractivity (Wildman–Crippen MR) is 51.3 cm³/mol. The minimum atomic E-state index is -3.21. The van der Waals surface area contributed by atoms with E-state index in [9.17, 15) is 8.42 Å². The van der Waals surface area contributed by atoms with Crippen molar-refractivity contribution < 1.29 is 8.42 Å². The van der Waals surface area contributed by atoms with Crippen LogP contribution in [0.5, 0.6) is 0 Å². The lowest BCUT2D eigenvalue weighted by molar-refractivity contribution is 0.443. The molecule has 1 fully saturated rings. The van der Waals surface area contributed by atoms with Crippen LogP contribution in [0.25, 0.3) is 0 Å². The van der Waals surface area contributed by atoms with Crippen LogP contribution in [0.4, 0.5) is 0 Å². The summed E-state index contributed by atoms with van der Waals surface area (Å²) in [4.78, 5) is 0. The van der Waals surface area contributed by atoms with Gasteiger partial charge in [-0.15, -0.1) is 0 Å². The zero-order valence-electron chi connectivity index (χ0n) is 7.86. The normalized spacial score (nSPS) is 25.2. The first-order chi connectivity index (χ1) is 6.10. The number of nitrogens with zero attached hydrogens (tertiary/aromatic N) is 1. The second-order valence-electron chi connectivity index (χ2n) is 3.30. The molecule has 0 aromatic carbocycles. The lowest BCUT2D eigenvalue weighted by Gasteiger charge is -2.14. The molecule has 1 atom stereocenters. The lowest BCUT2D eigenvalue weighted by Crippen LogP contribution is -2.37. The first-order valence-electron chi connectivity index (χ1n) is 4.49. The Bertz CT molecular complexity index is 252. The standard InChI is InChI=1S/C7H17N3O2S/c1-9-13(11,12)10-5-3-7(6-10)2-4-8/h7,9H,2-6,8H2,1H3. The van der Waals surface area contributed by atoms with E-state index >= 15 is 0 Å². The van der Waals surface area contributed by atoms with Gasteiger partial charge in [-0.2, -0.15) is 12.7 Å². The van der Waals surface area contributed by atoms with Crippen LogP contribution >= 0.6 is 0 Å². The van der Waals surface area contributed by atoms with Crippen LogP contribution in [-0.2, 0) is 10.2 Å². The van der Waals surface area contributed by atoms with E-state index in [-0.39, 0.29) is 0 Å². The second-order valence-corrected chi connectivity index (χ2v) is 5.17. The molecular formula is C7H17N3O2S. The van der Waals surface area contributed by atoms with Crippen LogP contribution in [0.3, 0.4) is 0 Å². The molecule has 1 saturated heterocycles.